The van der Waals surface area contributed by atoms with Gasteiger partial charge >= 0.3 is 0 Å². The summed E-state index contributed by atoms with van der Waals surface area (Å²) in [6.45, 7) is 4.33. The van der Waals surface area contributed by atoms with Crippen molar-refractivity contribution < 1.29 is 0 Å². The lowest BCUT2D eigenvalue weighted by Gasteiger charge is -2.26. The lowest BCUT2D eigenvalue weighted by atomic mass is 9.79. The maximum Gasteiger partial charge on any atom is 0.0638 e. The van der Waals surface area contributed by atoms with E-state index in [0.717, 1.165) is 17.5 Å². The average molecular weight is 309 g/mol. The second kappa shape index (κ2) is 5.55. The first-order chi connectivity index (χ1) is 9.29. The number of nitrogen functional groups attached to an aromatic ring is 2. The maximum atomic E-state index is 6.11. The number of nitrogens with two attached hydrogens (primary N) is 2. The first kappa shape index (κ1) is 15.0. The summed E-state index contributed by atoms with van der Waals surface area (Å²) in [5, 5.41) is 1.18. The molecule has 0 unspecified atom stereocenters. The Morgan fingerprint density at radius 1 is 0.900 bits per heavy atom. The number of rotatable bonds is 3. The molecule has 20 heavy (non-hydrogen) atoms. The van der Waals surface area contributed by atoms with Gasteiger partial charge in [-0.05, 0) is 47.2 Å². The summed E-state index contributed by atoms with van der Waals surface area (Å²) in [5.41, 5.74) is 14.9. The van der Waals surface area contributed by atoms with Crippen molar-refractivity contribution in [1.29, 1.82) is 0 Å². The lowest BCUT2D eigenvalue weighted by molar-refractivity contribution is 0.522. The average Bonchev–Trinajstić information content (AvgIpc) is 2.37. The molecule has 0 amide bonds. The highest BCUT2D eigenvalue weighted by Gasteiger charge is 2.22. The normalized spacial score (nSPS) is 11.6. The molecule has 0 spiro atoms. The highest BCUT2D eigenvalue weighted by molar-refractivity contribution is 6.33. The van der Waals surface area contributed by atoms with Crippen LogP contribution < -0.4 is 11.5 Å². The monoisotopic (exact) mass is 308 g/mol. The molecule has 0 bridgehead atoms. The molecule has 4 heteroatoms. The third-order valence-electron chi connectivity index (χ3n) is 3.49. The zero-order valence-electron chi connectivity index (χ0n) is 11.6. The number of hydrogen-bond donors (Lipinski definition) is 2. The van der Waals surface area contributed by atoms with Crippen molar-refractivity contribution in [3.63, 3.8) is 0 Å². The Morgan fingerprint density at radius 3 is 2.00 bits per heavy atom. The van der Waals surface area contributed by atoms with Crippen LogP contribution >= 0.6 is 23.2 Å². The fourth-order valence-corrected chi connectivity index (χ4v) is 2.62. The first-order valence-electron chi connectivity index (χ1n) is 6.39. The van der Waals surface area contributed by atoms with Gasteiger partial charge in [0.05, 0.1) is 21.4 Å². The van der Waals surface area contributed by atoms with Crippen LogP contribution in [0.3, 0.4) is 0 Å². The number of anilines is 2. The predicted molar refractivity (Wildman–Crippen MR) is 88.5 cm³/mol. The molecule has 2 nitrogen and oxygen atoms in total. The van der Waals surface area contributed by atoms with E-state index in [-0.39, 0.29) is 5.41 Å². The summed E-state index contributed by atoms with van der Waals surface area (Å²) in [7, 11) is 0. The third-order valence-corrected chi connectivity index (χ3v) is 4.15. The molecule has 0 aliphatic carbocycles. The molecule has 0 saturated heterocycles. The molecular weight excluding hydrogens is 291 g/mol. The van der Waals surface area contributed by atoms with Gasteiger partial charge in [-0.3, -0.25) is 0 Å². The van der Waals surface area contributed by atoms with E-state index in [4.69, 9.17) is 34.7 Å². The van der Waals surface area contributed by atoms with Crippen molar-refractivity contribution in [3.05, 3.63) is 57.6 Å². The molecule has 0 aliphatic rings. The molecule has 0 saturated carbocycles. The summed E-state index contributed by atoms with van der Waals surface area (Å²) >= 11 is 12.2. The van der Waals surface area contributed by atoms with E-state index >= 15 is 0 Å². The van der Waals surface area contributed by atoms with Crippen LogP contribution in [0, 0.1) is 0 Å². The molecule has 2 aromatic carbocycles. The van der Waals surface area contributed by atoms with Gasteiger partial charge in [0.1, 0.15) is 0 Å². The van der Waals surface area contributed by atoms with Crippen molar-refractivity contribution in [2.75, 3.05) is 11.5 Å². The molecule has 0 aromatic heterocycles. The quantitative estimate of drug-likeness (QED) is 0.809. The molecule has 0 aliphatic heterocycles. The Morgan fingerprint density at radius 2 is 1.45 bits per heavy atom. The van der Waals surface area contributed by atoms with Gasteiger partial charge in [-0.1, -0.05) is 49.2 Å². The van der Waals surface area contributed by atoms with Crippen LogP contribution in [0.4, 0.5) is 11.4 Å². The topological polar surface area (TPSA) is 52.0 Å². The van der Waals surface area contributed by atoms with Crippen molar-refractivity contribution in [3.8, 4) is 0 Å². The fraction of sp³-hybridized carbons (Fsp3) is 0.250. The van der Waals surface area contributed by atoms with Crippen LogP contribution in [0.2, 0.25) is 10.0 Å². The molecule has 0 atom stereocenters. The third kappa shape index (κ3) is 3.20. The van der Waals surface area contributed by atoms with Crippen LogP contribution in [0.25, 0.3) is 0 Å². The minimum absolute atomic E-state index is 0.0726. The highest BCUT2D eigenvalue weighted by Crippen LogP contribution is 2.32. The van der Waals surface area contributed by atoms with Crippen molar-refractivity contribution in [2.45, 2.75) is 25.7 Å². The predicted octanol–water partition coefficient (Wildman–Crippen LogP) is 4.68. The van der Waals surface area contributed by atoms with Gasteiger partial charge in [0.25, 0.3) is 0 Å². The van der Waals surface area contributed by atoms with Gasteiger partial charge in [0.15, 0.2) is 0 Å². The van der Waals surface area contributed by atoms with Crippen LogP contribution in [-0.4, -0.2) is 0 Å². The Labute approximate surface area is 129 Å². The number of benzene rings is 2. The van der Waals surface area contributed by atoms with E-state index in [9.17, 15) is 0 Å². The van der Waals surface area contributed by atoms with Crippen molar-refractivity contribution >= 4 is 34.6 Å². The minimum atomic E-state index is -0.0726. The Balaban J connectivity index is 2.29. The van der Waals surface area contributed by atoms with Gasteiger partial charge in [-0.25, -0.2) is 0 Å². The fourth-order valence-electron chi connectivity index (χ4n) is 2.24. The Bertz CT molecular complexity index is 636. The zero-order valence-corrected chi connectivity index (χ0v) is 13.1. The van der Waals surface area contributed by atoms with E-state index < -0.39 is 0 Å². The van der Waals surface area contributed by atoms with Gasteiger partial charge < -0.3 is 11.5 Å². The van der Waals surface area contributed by atoms with Gasteiger partial charge in [0, 0.05) is 0 Å². The summed E-state index contributed by atoms with van der Waals surface area (Å²) in [6, 6.07) is 11.5. The summed E-state index contributed by atoms with van der Waals surface area (Å²) in [6.07, 6.45) is 0.841. The first-order valence-corrected chi connectivity index (χ1v) is 7.14. The number of hydrogen-bond acceptors (Lipinski definition) is 2. The second-order valence-electron chi connectivity index (χ2n) is 5.65. The summed E-state index contributed by atoms with van der Waals surface area (Å²) < 4.78 is 0. The van der Waals surface area contributed by atoms with E-state index in [1.807, 2.05) is 36.4 Å². The minimum Gasteiger partial charge on any atom is -0.398 e. The Hall–Kier alpha value is -1.38. The molecule has 0 fully saturated rings. The standard InChI is InChI=1S/C16H18Cl2N2/c1-16(2,11-4-6-15(20)13(18)8-11)9-10-3-5-14(19)12(17)7-10/h3-8H,9,19-20H2,1-2H3. The zero-order chi connectivity index (χ0) is 14.9. The molecule has 106 valence electrons. The second-order valence-corrected chi connectivity index (χ2v) is 6.47. The van der Waals surface area contributed by atoms with Crippen molar-refractivity contribution in [1.82, 2.24) is 0 Å². The molecule has 2 aromatic rings. The number of halogens is 2. The van der Waals surface area contributed by atoms with Crippen LogP contribution in [0.1, 0.15) is 25.0 Å². The largest absolute Gasteiger partial charge is 0.398 e. The smallest absolute Gasteiger partial charge is 0.0638 e. The molecule has 4 N–H and O–H groups in total. The van der Waals surface area contributed by atoms with Gasteiger partial charge in [-0.2, -0.15) is 0 Å². The van der Waals surface area contributed by atoms with Gasteiger partial charge in [-0.15, -0.1) is 0 Å². The highest BCUT2D eigenvalue weighted by atomic mass is 35.5. The van der Waals surface area contributed by atoms with E-state index in [2.05, 4.69) is 13.8 Å². The van der Waals surface area contributed by atoms with Crippen LogP contribution in [0.15, 0.2) is 36.4 Å². The van der Waals surface area contributed by atoms with Crippen LogP contribution in [0.5, 0.6) is 0 Å². The molecule has 0 radical (unpaired) electrons. The van der Waals surface area contributed by atoms with E-state index in [1.54, 1.807) is 0 Å². The molecular formula is C16H18Cl2N2. The SMILES string of the molecule is CC(C)(Cc1ccc(N)c(Cl)c1)c1ccc(N)c(Cl)c1. The molecule has 0 heterocycles. The van der Waals surface area contributed by atoms with Crippen LogP contribution in [-0.2, 0) is 11.8 Å². The van der Waals surface area contributed by atoms with Crippen molar-refractivity contribution in [2.24, 2.45) is 0 Å². The maximum absolute atomic E-state index is 6.11. The van der Waals surface area contributed by atoms with Gasteiger partial charge in [0.2, 0.25) is 0 Å². The summed E-state index contributed by atoms with van der Waals surface area (Å²) in [4.78, 5) is 0. The van der Waals surface area contributed by atoms with E-state index in [0.29, 0.717) is 21.4 Å². The Kier molecular flexibility index (Phi) is 4.17. The van der Waals surface area contributed by atoms with E-state index in [1.165, 1.54) is 0 Å². The molecule has 2 rings (SSSR count). The summed E-state index contributed by atoms with van der Waals surface area (Å²) in [5.74, 6) is 0. The lowest BCUT2D eigenvalue weighted by Crippen LogP contribution is -2.20.